The van der Waals surface area contributed by atoms with Crippen LogP contribution in [0.2, 0.25) is 0 Å². The highest BCUT2D eigenvalue weighted by atomic mass is 19.4. The molecule has 0 aliphatic heterocycles. The summed E-state index contributed by atoms with van der Waals surface area (Å²) in [7, 11) is 0. The van der Waals surface area contributed by atoms with Crippen LogP contribution >= 0.6 is 0 Å². The van der Waals surface area contributed by atoms with Gasteiger partial charge in [-0.1, -0.05) is 0 Å². The minimum absolute atomic E-state index is 0.0115. The van der Waals surface area contributed by atoms with Gasteiger partial charge in [-0.2, -0.15) is 0 Å². The summed E-state index contributed by atoms with van der Waals surface area (Å²) in [6.45, 7) is 2.25. The van der Waals surface area contributed by atoms with Crippen molar-refractivity contribution in [2.75, 3.05) is 11.9 Å². The normalized spacial score (nSPS) is 11.2. The zero-order valence-electron chi connectivity index (χ0n) is 11.1. The number of anilines is 1. The smallest absolute Gasteiger partial charge is 0.490 e. The van der Waals surface area contributed by atoms with Gasteiger partial charge in [0.25, 0.3) is 0 Å². The number of alkyl halides is 3. The maximum Gasteiger partial charge on any atom is 0.573 e. The van der Waals surface area contributed by atoms with Gasteiger partial charge < -0.3 is 19.2 Å². The maximum absolute atomic E-state index is 12.3. The van der Waals surface area contributed by atoms with E-state index in [2.05, 4.69) is 15.0 Å². The first-order valence-corrected chi connectivity index (χ1v) is 6.12. The SMILES string of the molecule is CCOc1cc(NCc2cnco2)ccc1OC(F)(F)F. The van der Waals surface area contributed by atoms with Crippen molar-refractivity contribution in [3.05, 3.63) is 36.5 Å². The number of benzene rings is 1. The van der Waals surface area contributed by atoms with E-state index in [-0.39, 0.29) is 18.1 Å². The summed E-state index contributed by atoms with van der Waals surface area (Å²) in [5, 5.41) is 2.99. The molecule has 0 aliphatic rings. The third-order valence-electron chi connectivity index (χ3n) is 2.42. The summed E-state index contributed by atoms with van der Waals surface area (Å²) in [5.41, 5.74) is 0.573. The van der Waals surface area contributed by atoms with E-state index in [1.807, 2.05) is 0 Å². The molecule has 0 bridgehead atoms. The fourth-order valence-corrected chi connectivity index (χ4v) is 1.61. The van der Waals surface area contributed by atoms with Gasteiger partial charge >= 0.3 is 6.36 Å². The summed E-state index contributed by atoms with van der Waals surface area (Å²) < 4.78 is 51.0. The van der Waals surface area contributed by atoms with E-state index in [0.29, 0.717) is 18.0 Å². The average Bonchev–Trinajstić information content (AvgIpc) is 2.91. The molecule has 0 saturated carbocycles. The molecule has 2 aromatic rings. The Morgan fingerprint density at radius 2 is 2.10 bits per heavy atom. The van der Waals surface area contributed by atoms with E-state index in [0.717, 1.165) is 0 Å². The molecule has 8 heteroatoms. The number of oxazole rings is 1. The van der Waals surface area contributed by atoms with Gasteiger partial charge in [0.1, 0.15) is 5.76 Å². The van der Waals surface area contributed by atoms with Gasteiger partial charge in [-0.05, 0) is 19.1 Å². The van der Waals surface area contributed by atoms with E-state index >= 15 is 0 Å². The Labute approximate surface area is 118 Å². The summed E-state index contributed by atoms with van der Waals surface area (Å²) >= 11 is 0. The van der Waals surface area contributed by atoms with Crippen LogP contribution in [0.15, 0.2) is 35.2 Å². The first-order valence-electron chi connectivity index (χ1n) is 6.12. The number of halogens is 3. The average molecular weight is 302 g/mol. The largest absolute Gasteiger partial charge is 0.573 e. The molecule has 2 rings (SSSR count). The van der Waals surface area contributed by atoms with E-state index in [1.165, 1.54) is 30.8 Å². The van der Waals surface area contributed by atoms with E-state index in [1.54, 1.807) is 6.92 Å². The van der Waals surface area contributed by atoms with Crippen LogP contribution in [0.25, 0.3) is 0 Å². The Bertz CT molecular complexity index is 571. The fraction of sp³-hybridized carbons (Fsp3) is 0.308. The third kappa shape index (κ3) is 4.59. The molecule has 0 fully saturated rings. The minimum Gasteiger partial charge on any atom is -0.490 e. The number of nitrogens with zero attached hydrogens (tertiary/aromatic N) is 1. The van der Waals surface area contributed by atoms with Gasteiger partial charge in [0, 0.05) is 11.8 Å². The molecular weight excluding hydrogens is 289 g/mol. The van der Waals surface area contributed by atoms with Crippen LogP contribution in [0.4, 0.5) is 18.9 Å². The topological polar surface area (TPSA) is 56.5 Å². The molecule has 5 nitrogen and oxygen atoms in total. The monoisotopic (exact) mass is 302 g/mol. The Morgan fingerprint density at radius 3 is 2.71 bits per heavy atom. The number of aromatic nitrogens is 1. The number of rotatable bonds is 6. The molecule has 0 atom stereocenters. The molecule has 0 spiro atoms. The molecule has 21 heavy (non-hydrogen) atoms. The lowest BCUT2D eigenvalue weighted by atomic mass is 10.2. The molecule has 114 valence electrons. The second-order valence-corrected chi connectivity index (χ2v) is 3.96. The summed E-state index contributed by atoms with van der Waals surface area (Å²) in [5.74, 6) is 0.232. The van der Waals surface area contributed by atoms with Crippen LogP contribution in [0, 0.1) is 0 Å². The molecule has 1 heterocycles. The molecule has 0 aliphatic carbocycles. The van der Waals surface area contributed by atoms with Crippen molar-refractivity contribution in [1.29, 1.82) is 0 Å². The summed E-state index contributed by atoms with van der Waals surface area (Å²) in [4.78, 5) is 3.76. The van der Waals surface area contributed by atoms with Gasteiger partial charge in [-0.3, -0.25) is 0 Å². The van der Waals surface area contributed by atoms with Gasteiger partial charge in [0.15, 0.2) is 17.9 Å². The first-order chi connectivity index (χ1) is 9.98. The van der Waals surface area contributed by atoms with Crippen molar-refractivity contribution in [2.45, 2.75) is 19.8 Å². The van der Waals surface area contributed by atoms with E-state index < -0.39 is 6.36 Å². The number of nitrogens with one attached hydrogen (secondary N) is 1. The molecule has 0 unspecified atom stereocenters. The van der Waals surface area contributed by atoms with Crippen molar-refractivity contribution in [1.82, 2.24) is 4.98 Å². The highest BCUT2D eigenvalue weighted by Gasteiger charge is 2.32. The number of hydrogen-bond acceptors (Lipinski definition) is 5. The zero-order valence-corrected chi connectivity index (χ0v) is 11.1. The molecule has 1 aromatic carbocycles. The van der Waals surface area contributed by atoms with Crippen molar-refractivity contribution in [3.63, 3.8) is 0 Å². The Morgan fingerprint density at radius 1 is 1.29 bits per heavy atom. The van der Waals surface area contributed by atoms with Crippen molar-refractivity contribution >= 4 is 5.69 Å². The Kier molecular flexibility index (Phi) is 4.56. The molecule has 1 aromatic heterocycles. The number of hydrogen-bond donors (Lipinski definition) is 1. The van der Waals surface area contributed by atoms with Crippen LogP contribution in [-0.4, -0.2) is 18.0 Å². The molecule has 0 amide bonds. The van der Waals surface area contributed by atoms with Crippen molar-refractivity contribution in [2.24, 2.45) is 0 Å². The molecule has 1 N–H and O–H groups in total. The van der Waals surface area contributed by atoms with Gasteiger partial charge in [-0.25, -0.2) is 4.98 Å². The standard InChI is InChI=1S/C13H13F3N2O3/c1-2-19-12-5-9(18-7-10-6-17-8-20-10)3-4-11(12)21-13(14,15)16/h3-6,8,18H,2,7H2,1H3. The second-order valence-electron chi connectivity index (χ2n) is 3.96. The molecule has 0 radical (unpaired) electrons. The summed E-state index contributed by atoms with van der Waals surface area (Å²) in [6, 6.07) is 4.09. The maximum atomic E-state index is 12.3. The van der Waals surface area contributed by atoms with Crippen LogP contribution in [0.5, 0.6) is 11.5 Å². The highest BCUT2D eigenvalue weighted by molar-refractivity contribution is 5.54. The van der Waals surface area contributed by atoms with E-state index in [9.17, 15) is 13.2 Å². The van der Waals surface area contributed by atoms with Gasteiger partial charge in [0.2, 0.25) is 0 Å². The molecule has 0 saturated heterocycles. The second kappa shape index (κ2) is 6.38. The lowest BCUT2D eigenvalue weighted by Crippen LogP contribution is -2.17. The van der Waals surface area contributed by atoms with Crippen molar-refractivity contribution in [3.8, 4) is 11.5 Å². The minimum atomic E-state index is -4.76. The van der Waals surface area contributed by atoms with Crippen LogP contribution in [0.1, 0.15) is 12.7 Å². The Balaban J connectivity index is 2.11. The van der Waals surface area contributed by atoms with Crippen LogP contribution in [-0.2, 0) is 6.54 Å². The predicted molar refractivity (Wildman–Crippen MR) is 68.1 cm³/mol. The summed E-state index contributed by atoms with van der Waals surface area (Å²) in [6.07, 6.45) is -1.93. The van der Waals surface area contributed by atoms with E-state index in [4.69, 9.17) is 9.15 Å². The van der Waals surface area contributed by atoms with Gasteiger partial charge in [0.05, 0.1) is 19.3 Å². The lowest BCUT2D eigenvalue weighted by Gasteiger charge is -2.15. The quantitative estimate of drug-likeness (QED) is 0.883. The van der Waals surface area contributed by atoms with Crippen molar-refractivity contribution < 1.29 is 27.1 Å². The fourth-order valence-electron chi connectivity index (χ4n) is 1.61. The third-order valence-corrected chi connectivity index (χ3v) is 2.42. The molecular formula is C13H13F3N2O3. The Hall–Kier alpha value is -2.38. The number of ether oxygens (including phenoxy) is 2. The zero-order chi connectivity index (χ0) is 15.3. The lowest BCUT2D eigenvalue weighted by molar-refractivity contribution is -0.275. The predicted octanol–water partition coefficient (Wildman–Crippen LogP) is 3.58. The first kappa shape index (κ1) is 15.0. The van der Waals surface area contributed by atoms with Gasteiger partial charge in [-0.15, -0.1) is 13.2 Å². The van der Waals surface area contributed by atoms with Crippen LogP contribution < -0.4 is 14.8 Å². The van der Waals surface area contributed by atoms with Crippen LogP contribution in [0.3, 0.4) is 0 Å². The highest BCUT2D eigenvalue weighted by Crippen LogP contribution is 2.34.